The second-order valence-corrected chi connectivity index (χ2v) is 5.24. The SMILES string of the molecule is CC.CC.CC.CC.CCC.CCCCCCCCCCCCCC. The Morgan fingerprint density at radius 2 is 0.400 bits per heavy atom. The van der Waals surface area contributed by atoms with Crippen molar-refractivity contribution >= 4 is 0 Å². The van der Waals surface area contributed by atoms with Crippen LogP contribution < -0.4 is 0 Å². The van der Waals surface area contributed by atoms with Crippen molar-refractivity contribution in [1.29, 1.82) is 0 Å². The van der Waals surface area contributed by atoms with Crippen LogP contribution in [0.3, 0.4) is 0 Å². The van der Waals surface area contributed by atoms with Crippen molar-refractivity contribution in [3.63, 3.8) is 0 Å². The maximum atomic E-state index is 2.29. The third-order valence-electron chi connectivity index (χ3n) is 2.96. The summed E-state index contributed by atoms with van der Waals surface area (Å²) in [5.41, 5.74) is 0. The molecule has 0 aliphatic heterocycles. The molecule has 0 rings (SSSR count). The van der Waals surface area contributed by atoms with E-state index in [1.165, 1.54) is 83.5 Å². The van der Waals surface area contributed by atoms with Crippen molar-refractivity contribution in [2.24, 2.45) is 0 Å². The van der Waals surface area contributed by atoms with Gasteiger partial charge in [0.05, 0.1) is 0 Å². The van der Waals surface area contributed by atoms with Crippen LogP contribution in [0.5, 0.6) is 0 Å². The Bertz CT molecular complexity index is 84.2. The number of rotatable bonds is 11. The lowest BCUT2D eigenvalue weighted by molar-refractivity contribution is 0.548. The van der Waals surface area contributed by atoms with Crippen molar-refractivity contribution in [2.45, 2.75) is 167 Å². The quantitative estimate of drug-likeness (QED) is 0.320. The Morgan fingerprint density at radius 1 is 0.280 bits per heavy atom. The van der Waals surface area contributed by atoms with Gasteiger partial charge in [-0.05, 0) is 0 Å². The normalized spacial score (nSPS) is 7.68. The Balaban J connectivity index is -0.0000000687. The standard InChI is InChI=1S/C14H30.C3H8.4C2H6/c1-3-5-7-9-11-13-14-12-10-8-6-4-2;1-3-2;4*1-2/h3-14H2,1-2H3;3H2,1-2H3;4*1-2H3. The third kappa shape index (κ3) is 96.0. The van der Waals surface area contributed by atoms with Crippen molar-refractivity contribution in [3.05, 3.63) is 0 Å². The molecular weight excluding hydrogens is 300 g/mol. The molecule has 0 aliphatic rings. The average Bonchev–Trinajstić information content (AvgIpc) is 2.70. The van der Waals surface area contributed by atoms with Crippen LogP contribution in [0.4, 0.5) is 0 Å². The van der Waals surface area contributed by atoms with Gasteiger partial charge in [0, 0.05) is 0 Å². The molecule has 0 heteroatoms. The Kier molecular flexibility index (Phi) is 120. The average molecular weight is 363 g/mol. The van der Waals surface area contributed by atoms with Gasteiger partial charge in [0.1, 0.15) is 0 Å². The van der Waals surface area contributed by atoms with E-state index in [0.29, 0.717) is 0 Å². The molecule has 0 bridgehead atoms. The lowest BCUT2D eigenvalue weighted by Crippen LogP contribution is -1.81. The van der Waals surface area contributed by atoms with Gasteiger partial charge in [-0.2, -0.15) is 0 Å². The fraction of sp³-hybridized carbons (Fsp3) is 1.00. The summed E-state index contributed by atoms with van der Waals surface area (Å²) in [7, 11) is 0. The van der Waals surface area contributed by atoms with Crippen LogP contribution >= 0.6 is 0 Å². The number of hydrogen-bond donors (Lipinski definition) is 0. The summed E-state index contributed by atoms with van der Waals surface area (Å²) in [6.45, 7) is 24.8. The van der Waals surface area contributed by atoms with Gasteiger partial charge in [0.2, 0.25) is 0 Å². The molecule has 0 aliphatic carbocycles. The highest BCUT2D eigenvalue weighted by molar-refractivity contribution is 4.47. The lowest BCUT2D eigenvalue weighted by Gasteiger charge is -2.01. The molecule has 162 valence electrons. The summed E-state index contributed by atoms with van der Waals surface area (Å²) in [4.78, 5) is 0. The molecule has 0 nitrogen and oxygen atoms in total. The molecule has 0 unspecified atom stereocenters. The summed E-state index contributed by atoms with van der Waals surface area (Å²) in [6, 6.07) is 0. The molecule has 0 aromatic rings. The molecule has 0 spiro atoms. The second kappa shape index (κ2) is 75.1. The smallest absolute Gasteiger partial charge is 0.0533 e. The molecule has 0 amide bonds. The fourth-order valence-corrected chi connectivity index (χ4v) is 1.91. The van der Waals surface area contributed by atoms with Gasteiger partial charge >= 0.3 is 0 Å². The fourth-order valence-electron chi connectivity index (χ4n) is 1.91. The molecule has 0 N–H and O–H groups in total. The predicted octanol–water partition coefficient (Wildman–Crippen LogP) is 11.2. The molecular formula is C25H62. The number of hydrogen-bond acceptors (Lipinski definition) is 0. The highest BCUT2D eigenvalue weighted by Gasteiger charge is 1.91. The molecule has 0 aromatic carbocycles. The second-order valence-electron chi connectivity index (χ2n) is 5.24. The first kappa shape index (κ1) is 39.9. The summed E-state index contributed by atoms with van der Waals surface area (Å²) < 4.78 is 0. The molecule has 0 radical (unpaired) electrons. The topological polar surface area (TPSA) is 0 Å². The van der Waals surface area contributed by atoms with E-state index < -0.39 is 0 Å². The number of unbranched alkanes of at least 4 members (excludes halogenated alkanes) is 11. The lowest BCUT2D eigenvalue weighted by atomic mass is 10.1. The van der Waals surface area contributed by atoms with Crippen LogP contribution in [0.15, 0.2) is 0 Å². The largest absolute Gasteiger partial charge is 0.0683 e. The summed E-state index contributed by atoms with van der Waals surface area (Å²) in [5.74, 6) is 0. The van der Waals surface area contributed by atoms with Gasteiger partial charge in [-0.1, -0.05) is 167 Å². The molecule has 25 heavy (non-hydrogen) atoms. The van der Waals surface area contributed by atoms with E-state index >= 15 is 0 Å². The van der Waals surface area contributed by atoms with Crippen LogP contribution in [-0.2, 0) is 0 Å². The van der Waals surface area contributed by atoms with Crippen molar-refractivity contribution in [1.82, 2.24) is 0 Å². The van der Waals surface area contributed by atoms with E-state index in [9.17, 15) is 0 Å². The van der Waals surface area contributed by atoms with Crippen LogP contribution in [0.25, 0.3) is 0 Å². The zero-order valence-electron chi connectivity index (χ0n) is 21.2. The molecule has 0 fully saturated rings. The van der Waals surface area contributed by atoms with Crippen LogP contribution in [-0.4, -0.2) is 0 Å². The van der Waals surface area contributed by atoms with E-state index in [2.05, 4.69) is 27.7 Å². The summed E-state index contributed by atoms with van der Waals surface area (Å²) in [6.07, 6.45) is 18.7. The third-order valence-corrected chi connectivity index (χ3v) is 2.96. The van der Waals surface area contributed by atoms with Gasteiger partial charge in [-0.3, -0.25) is 0 Å². The van der Waals surface area contributed by atoms with Crippen molar-refractivity contribution in [3.8, 4) is 0 Å². The first-order valence-corrected chi connectivity index (χ1v) is 12.3. The maximum absolute atomic E-state index is 2.29. The first-order valence-electron chi connectivity index (χ1n) is 12.3. The molecule has 0 saturated carbocycles. The van der Waals surface area contributed by atoms with Crippen molar-refractivity contribution < 1.29 is 0 Å². The monoisotopic (exact) mass is 362 g/mol. The minimum atomic E-state index is 1.25. The van der Waals surface area contributed by atoms with E-state index in [-0.39, 0.29) is 0 Å². The zero-order chi connectivity index (χ0) is 21.2. The first-order chi connectivity index (χ1) is 12.3. The molecule has 0 aromatic heterocycles. The van der Waals surface area contributed by atoms with Gasteiger partial charge < -0.3 is 0 Å². The van der Waals surface area contributed by atoms with E-state index in [4.69, 9.17) is 0 Å². The van der Waals surface area contributed by atoms with Crippen LogP contribution in [0.2, 0.25) is 0 Å². The highest BCUT2D eigenvalue weighted by atomic mass is 14.0. The van der Waals surface area contributed by atoms with Gasteiger partial charge in [0.15, 0.2) is 0 Å². The predicted molar refractivity (Wildman–Crippen MR) is 128 cm³/mol. The van der Waals surface area contributed by atoms with Gasteiger partial charge in [-0.15, -0.1) is 0 Å². The Labute approximate surface area is 167 Å². The minimum absolute atomic E-state index is 1.25. The summed E-state index contributed by atoms with van der Waals surface area (Å²) in [5, 5.41) is 0. The molecule has 0 saturated heterocycles. The van der Waals surface area contributed by atoms with Crippen molar-refractivity contribution in [2.75, 3.05) is 0 Å². The molecule has 0 heterocycles. The van der Waals surface area contributed by atoms with Gasteiger partial charge in [-0.25, -0.2) is 0 Å². The maximum Gasteiger partial charge on any atom is -0.0533 e. The van der Waals surface area contributed by atoms with E-state index in [0.717, 1.165) is 0 Å². The van der Waals surface area contributed by atoms with E-state index in [1.807, 2.05) is 55.4 Å². The van der Waals surface area contributed by atoms with E-state index in [1.54, 1.807) is 0 Å². The molecule has 0 atom stereocenters. The Hall–Kier alpha value is 0. The van der Waals surface area contributed by atoms with Crippen LogP contribution in [0.1, 0.15) is 167 Å². The zero-order valence-corrected chi connectivity index (χ0v) is 21.2. The minimum Gasteiger partial charge on any atom is -0.0683 e. The van der Waals surface area contributed by atoms with Crippen LogP contribution in [0, 0.1) is 0 Å². The highest BCUT2D eigenvalue weighted by Crippen LogP contribution is 2.11. The Morgan fingerprint density at radius 3 is 0.520 bits per heavy atom. The van der Waals surface area contributed by atoms with Gasteiger partial charge in [0.25, 0.3) is 0 Å². The summed E-state index contributed by atoms with van der Waals surface area (Å²) >= 11 is 0.